The molecule has 1 aliphatic heterocycles. The summed E-state index contributed by atoms with van der Waals surface area (Å²) in [6.07, 6.45) is 3.45. The molecule has 4 aromatic rings. The van der Waals surface area contributed by atoms with Crippen LogP contribution in [0.3, 0.4) is 0 Å². The Morgan fingerprint density at radius 2 is 2.00 bits per heavy atom. The van der Waals surface area contributed by atoms with E-state index in [4.69, 9.17) is 0 Å². The fraction of sp³-hybridized carbons (Fsp3) is 0.130. The number of phenols is 1. The smallest absolute Gasteiger partial charge is 0.254 e. The molecule has 0 atom stereocenters. The molecular formula is C23H20ClN3O2S. The predicted molar refractivity (Wildman–Crippen MR) is 122 cm³/mol. The van der Waals surface area contributed by atoms with Gasteiger partial charge in [-0.25, -0.2) is 0 Å². The molecule has 2 N–H and O–H groups in total. The molecule has 5 rings (SSSR count). The van der Waals surface area contributed by atoms with Gasteiger partial charge in [-0.1, -0.05) is 24.3 Å². The molecule has 0 saturated heterocycles. The highest BCUT2D eigenvalue weighted by atomic mass is 35.5. The number of phenolic OH excluding ortho intramolecular Hbond substituents is 1. The topological polar surface area (TPSA) is 67.2 Å². The third-order valence-corrected chi connectivity index (χ3v) is 6.45. The van der Waals surface area contributed by atoms with Gasteiger partial charge in [0.1, 0.15) is 5.75 Å². The van der Waals surface area contributed by atoms with Crippen molar-refractivity contribution in [2.75, 3.05) is 0 Å². The highest BCUT2D eigenvalue weighted by Crippen LogP contribution is 2.43. The van der Waals surface area contributed by atoms with E-state index in [9.17, 15) is 9.90 Å². The molecule has 1 amide bonds. The average molecular weight is 438 g/mol. The lowest BCUT2D eigenvalue weighted by Gasteiger charge is -2.18. The van der Waals surface area contributed by atoms with E-state index < -0.39 is 0 Å². The summed E-state index contributed by atoms with van der Waals surface area (Å²) in [6.45, 7) is 0.317. The number of hydrogen-bond donors (Lipinski definition) is 2. The summed E-state index contributed by atoms with van der Waals surface area (Å²) in [6, 6.07) is 15.9. The number of aromatic nitrogens is 2. The van der Waals surface area contributed by atoms with Crippen LogP contribution in [-0.4, -0.2) is 20.6 Å². The van der Waals surface area contributed by atoms with Crippen LogP contribution in [0.25, 0.3) is 22.0 Å². The Bertz CT molecular complexity index is 1240. The van der Waals surface area contributed by atoms with Crippen molar-refractivity contribution in [3.8, 4) is 16.9 Å². The fourth-order valence-electron chi connectivity index (χ4n) is 3.97. The number of thioether (sulfide) groups is 1. The molecule has 2 aromatic heterocycles. The van der Waals surface area contributed by atoms with Crippen LogP contribution in [0, 0.1) is 0 Å². The highest BCUT2D eigenvalue weighted by Gasteiger charge is 2.30. The number of carbonyl (C=O) groups excluding carboxylic acids is 1. The zero-order chi connectivity index (χ0) is 20.0. The van der Waals surface area contributed by atoms with Gasteiger partial charge in [0.25, 0.3) is 5.91 Å². The summed E-state index contributed by atoms with van der Waals surface area (Å²) in [5, 5.41) is 14.8. The molecule has 7 heteroatoms. The maximum absolute atomic E-state index is 12.8. The second-order valence-corrected chi connectivity index (χ2v) is 8.10. The lowest BCUT2D eigenvalue weighted by Crippen LogP contribution is -2.27. The summed E-state index contributed by atoms with van der Waals surface area (Å²) in [7, 11) is 1.99. The zero-order valence-corrected chi connectivity index (χ0v) is 17.9. The van der Waals surface area contributed by atoms with Crippen LogP contribution in [0.5, 0.6) is 5.75 Å². The molecule has 0 saturated carbocycles. The summed E-state index contributed by atoms with van der Waals surface area (Å²) in [4.78, 5) is 18.1. The number of rotatable bonds is 4. The number of nitrogens with zero attached hydrogens (tertiary/aromatic N) is 2. The first-order valence-corrected chi connectivity index (χ1v) is 10.4. The van der Waals surface area contributed by atoms with Crippen molar-refractivity contribution in [3.05, 3.63) is 77.7 Å². The highest BCUT2D eigenvalue weighted by molar-refractivity contribution is 7.98. The number of carbonyl (C=O) groups is 1. The Labute approximate surface area is 184 Å². The third kappa shape index (κ3) is 3.22. The monoisotopic (exact) mass is 437 g/mol. The Kier molecular flexibility index (Phi) is 5.45. The van der Waals surface area contributed by atoms with Gasteiger partial charge in [0.05, 0.1) is 11.1 Å². The standard InChI is InChI=1S/C23H19N3O2S.ClH/c1-26-18-10-16(14-6-5-9-24-11-14)22(27)17-12-25-23(28)21(20(17)18)19(26)13-29-15-7-3-2-4-8-15;/h2-11,27H,12-13H2,1H3,(H,25,28);1H. The molecule has 0 aliphatic carbocycles. The zero-order valence-electron chi connectivity index (χ0n) is 16.3. The van der Waals surface area contributed by atoms with E-state index in [1.807, 2.05) is 43.4 Å². The summed E-state index contributed by atoms with van der Waals surface area (Å²) in [5.74, 6) is 0.792. The maximum atomic E-state index is 12.8. The molecule has 2 aromatic carbocycles. The second-order valence-electron chi connectivity index (χ2n) is 7.05. The van der Waals surface area contributed by atoms with E-state index in [1.54, 1.807) is 24.2 Å². The van der Waals surface area contributed by atoms with E-state index in [1.165, 1.54) is 0 Å². The van der Waals surface area contributed by atoms with Gasteiger partial charge in [0.2, 0.25) is 0 Å². The van der Waals surface area contributed by atoms with E-state index >= 15 is 0 Å². The van der Waals surface area contributed by atoms with Gasteiger partial charge in [-0.15, -0.1) is 24.2 Å². The minimum atomic E-state index is -0.0831. The number of amides is 1. The van der Waals surface area contributed by atoms with E-state index in [0.29, 0.717) is 17.9 Å². The molecule has 152 valence electrons. The van der Waals surface area contributed by atoms with Gasteiger partial charge in [0, 0.05) is 64.4 Å². The number of nitrogens with one attached hydrogen (secondary N) is 1. The Morgan fingerprint density at radius 3 is 2.73 bits per heavy atom. The van der Waals surface area contributed by atoms with Crippen molar-refractivity contribution in [2.45, 2.75) is 17.2 Å². The van der Waals surface area contributed by atoms with Crippen LogP contribution in [0.1, 0.15) is 21.6 Å². The molecule has 30 heavy (non-hydrogen) atoms. The van der Waals surface area contributed by atoms with Gasteiger partial charge in [0.15, 0.2) is 0 Å². The van der Waals surface area contributed by atoms with E-state index in [-0.39, 0.29) is 24.1 Å². The molecule has 0 radical (unpaired) electrons. The van der Waals surface area contributed by atoms with Crippen LogP contribution in [-0.2, 0) is 19.3 Å². The number of aryl methyl sites for hydroxylation is 1. The average Bonchev–Trinajstić information content (AvgIpc) is 3.04. The molecule has 0 unspecified atom stereocenters. The summed E-state index contributed by atoms with van der Waals surface area (Å²) in [5.41, 5.74) is 4.91. The molecule has 0 fully saturated rings. The molecule has 0 spiro atoms. The second kappa shape index (κ2) is 8.05. The first kappa shape index (κ1) is 20.3. The Hall–Kier alpha value is -2.96. The third-order valence-electron chi connectivity index (χ3n) is 5.43. The number of hydrogen-bond acceptors (Lipinski definition) is 4. The maximum Gasteiger partial charge on any atom is 0.254 e. The summed E-state index contributed by atoms with van der Waals surface area (Å²) < 4.78 is 2.08. The van der Waals surface area contributed by atoms with Crippen molar-refractivity contribution in [3.63, 3.8) is 0 Å². The molecule has 5 nitrogen and oxygen atoms in total. The lowest BCUT2D eigenvalue weighted by molar-refractivity contribution is 0.0948. The van der Waals surface area contributed by atoms with Crippen molar-refractivity contribution >= 4 is 41.0 Å². The molecule has 3 heterocycles. The van der Waals surface area contributed by atoms with E-state index in [0.717, 1.165) is 38.2 Å². The van der Waals surface area contributed by atoms with Crippen molar-refractivity contribution < 1.29 is 9.90 Å². The van der Waals surface area contributed by atoms with Crippen LogP contribution in [0.2, 0.25) is 0 Å². The van der Waals surface area contributed by atoms with Gasteiger partial charge in [-0.3, -0.25) is 9.78 Å². The Balaban J connectivity index is 0.00000218. The van der Waals surface area contributed by atoms with Crippen molar-refractivity contribution in [2.24, 2.45) is 7.05 Å². The number of aromatic hydroxyl groups is 1. The lowest BCUT2D eigenvalue weighted by atomic mass is 9.94. The minimum absolute atomic E-state index is 0. The fourth-order valence-corrected chi connectivity index (χ4v) is 4.96. The number of halogens is 1. The van der Waals surface area contributed by atoms with Crippen molar-refractivity contribution in [1.82, 2.24) is 14.9 Å². The van der Waals surface area contributed by atoms with Crippen LogP contribution >= 0.6 is 24.2 Å². The molecular weight excluding hydrogens is 418 g/mol. The van der Waals surface area contributed by atoms with E-state index in [2.05, 4.69) is 27.0 Å². The first-order valence-electron chi connectivity index (χ1n) is 9.37. The summed E-state index contributed by atoms with van der Waals surface area (Å²) >= 11 is 1.70. The van der Waals surface area contributed by atoms with Gasteiger partial charge >= 0.3 is 0 Å². The van der Waals surface area contributed by atoms with Crippen LogP contribution in [0.15, 0.2) is 65.8 Å². The SMILES string of the molecule is Cl.Cn1c(CSc2ccccc2)c2c3c(c(O)c(-c4cccnc4)cc31)CNC2=O. The Morgan fingerprint density at radius 1 is 1.20 bits per heavy atom. The molecule has 1 aliphatic rings. The van der Waals surface area contributed by atoms with Gasteiger partial charge < -0.3 is 15.0 Å². The van der Waals surface area contributed by atoms with Gasteiger partial charge in [-0.2, -0.15) is 0 Å². The minimum Gasteiger partial charge on any atom is -0.507 e. The van der Waals surface area contributed by atoms with Crippen LogP contribution < -0.4 is 5.32 Å². The van der Waals surface area contributed by atoms with Crippen LogP contribution in [0.4, 0.5) is 0 Å². The first-order chi connectivity index (χ1) is 14.1. The van der Waals surface area contributed by atoms with Crippen molar-refractivity contribution in [1.29, 1.82) is 0 Å². The molecule has 0 bridgehead atoms. The largest absolute Gasteiger partial charge is 0.507 e. The predicted octanol–water partition coefficient (Wildman–Crippen LogP) is 4.90. The van der Waals surface area contributed by atoms with Gasteiger partial charge in [-0.05, 0) is 24.3 Å². The normalized spacial score (nSPS) is 12.5. The quantitative estimate of drug-likeness (QED) is 0.445. The number of benzene rings is 2. The number of pyridine rings is 1.